The predicted molar refractivity (Wildman–Crippen MR) is 104 cm³/mol. The van der Waals surface area contributed by atoms with Gasteiger partial charge in [0, 0.05) is 24.4 Å². The zero-order valence-corrected chi connectivity index (χ0v) is 16.9. The van der Waals surface area contributed by atoms with E-state index in [0.29, 0.717) is 5.56 Å². The fourth-order valence-electron chi connectivity index (χ4n) is 2.92. The van der Waals surface area contributed by atoms with Gasteiger partial charge in [0.25, 0.3) is 6.17 Å². The Morgan fingerprint density at radius 3 is 2.47 bits per heavy atom. The van der Waals surface area contributed by atoms with Crippen LogP contribution in [-0.2, 0) is 25.9 Å². The van der Waals surface area contributed by atoms with E-state index in [9.17, 15) is 26.8 Å². The lowest BCUT2D eigenvalue weighted by atomic mass is 10.1. The summed E-state index contributed by atoms with van der Waals surface area (Å²) in [6.45, 7) is 1.41. The van der Waals surface area contributed by atoms with Crippen molar-refractivity contribution in [3.63, 3.8) is 0 Å². The third-order valence-electron chi connectivity index (χ3n) is 4.37. The van der Waals surface area contributed by atoms with Crippen LogP contribution in [-0.4, -0.2) is 48.8 Å². The van der Waals surface area contributed by atoms with Gasteiger partial charge < -0.3 is 9.30 Å². The Morgan fingerprint density at radius 2 is 1.87 bits per heavy atom. The molecular formula is C20H18F2N2O5S. The maximum atomic E-state index is 14.4. The summed E-state index contributed by atoms with van der Waals surface area (Å²) in [4.78, 5) is 28.4. The highest BCUT2D eigenvalue weighted by atomic mass is 32.2. The Hall–Kier alpha value is -3.14. The van der Waals surface area contributed by atoms with Gasteiger partial charge in [-0.05, 0) is 36.8 Å². The first-order valence-corrected chi connectivity index (χ1v) is 10.8. The number of halogens is 2. The molecule has 0 aliphatic carbocycles. The summed E-state index contributed by atoms with van der Waals surface area (Å²) in [5.74, 6) is -2.91. The Morgan fingerprint density at radius 1 is 1.20 bits per heavy atom. The van der Waals surface area contributed by atoms with Crippen LogP contribution in [0.3, 0.4) is 0 Å². The molecule has 0 saturated carbocycles. The van der Waals surface area contributed by atoms with E-state index >= 15 is 0 Å². The Bertz CT molecular complexity index is 1220. The van der Waals surface area contributed by atoms with Crippen molar-refractivity contribution in [3.05, 3.63) is 59.7 Å². The molecule has 1 aromatic carbocycles. The molecule has 0 radical (unpaired) electrons. The van der Waals surface area contributed by atoms with E-state index in [1.165, 1.54) is 47.9 Å². The molecule has 2 heterocycles. The van der Waals surface area contributed by atoms with Gasteiger partial charge in [-0.2, -0.15) is 0 Å². The van der Waals surface area contributed by atoms with E-state index in [1.54, 1.807) is 0 Å². The molecule has 0 aliphatic heterocycles. The van der Waals surface area contributed by atoms with Crippen LogP contribution in [0, 0.1) is 5.82 Å². The number of benzene rings is 1. The van der Waals surface area contributed by atoms with Crippen LogP contribution in [0.2, 0.25) is 0 Å². The molecule has 0 aliphatic rings. The average molecular weight is 436 g/mol. The number of Topliss-reactive ketones (excluding diaryl/α,β-unsaturated/α-hetero) is 1. The van der Waals surface area contributed by atoms with Crippen molar-refractivity contribution >= 4 is 32.6 Å². The van der Waals surface area contributed by atoms with Gasteiger partial charge in [-0.25, -0.2) is 27.0 Å². The van der Waals surface area contributed by atoms with E-state index in [1.807, 2.05) is 0 Å². The highest BCUT2D eigenvalue weighted by Crippen LogP contribution is 2.24. The first kappa shape index (κ1) is 21.6. The van der Waals surface area contributed by atoms with Crippen molar-refractivity contribution in [3.8, 4) is 0 Å². The van der Waals surface area contributed by atoms with E-state index < -0.39 is 33.6 Å². The summed E-state index contributed by atoms with van der Waals surface area (Å²) in [5.41, 5.74) is 0.614. The van der Waals surface area contributed by atoms with Crippen molar-refractivity contribution in [2.24, 2.45) is 0 Å². The molecule has 0 amide bonds. The van der Waals surface area contributed by atoms with Crippen LogP contribution in [0.1, 0.15) is 23.0 Å². The SMILES string of the molecule is CCOC(=O)C(F)C(=O)c1cc2cc(S(C)(=O)=O)cnc2n1Cc1ccc(F)cc1. The molecule has 2 aromatic heterocycles. The second-order valence-corrected chi connectivity index (χ2v) is 8.59. The molecule has 1 atom stereocenters. The molecule has 10 heteroatoms. The monoisotopic (exact) mass is 436 g/mol. The highest BCUT2D eigenvalue weighted by Gasteiger charge is 2.32. The number of sulfone groups is 1. The molecule has 7 nitrogen and oxygen atoms in total. The third-order valence-corrected chi connectivity index (χ3v) is 5.45. The van der Waals surface area contributed by atoms with Gasteiger partial charge in [0.2, 0.25) is 5.78 Å². The molecule has 0 spiro atoms. The number of ether oxygens (including phenoxy) is 1. The zero-order valence-electron chi connectivity index (χ0n) is 16.1. The molecule has 0 saturated heterocycles. The van der Waals surface area contributed by atoms with Gasteiger partial charge in [-0.1, -0.05) is 12.1 Å². The Balaban J connectivity index is 2.14. The second-order valence-electron chi connectivity index (χ2n) is 6.58. The lowest BCUT2D eigenvalue weighted by Crippen LogP contribution is -2.29. The number of carbonyl (C=O) groups is 2. The Labute approximate surface area is 171 Å². The van der Waals surface area contributed by atoms with Gasteiger partial charge in [0.1, 0.15) is 11.5 Å². The van der Waals surface area contributed by atoms with E-state index in [2.05, 4.69) is 9.72 Å². The van der Waals surface area contributed by atoms with Crippen LogP contribution in [0.4, 0.5) is 8.78 Å². The standard InChI is InChI=1S/C20H18F2N2O5S/c1-3-29-20(26)17(22)18(25)16-9-13-8-15(30(2,27)28)10-23-19(13)24(16)11-12-4-6-14(21)7-5-12/h4-10,17H,3,11H2,1-2H3. The molecule has 1 unspecified atom stereocenters. The lowest BCUT2D eigenvalue weighted by molar-refractivity contribution is -0.147. The predicted octanol–water partition coefficient (Wildman–Crippen LogP) is 2.71. The number of alkyl halides is 1. The summed E-state index contributed by atoms with van der Waals surface area (Å²) >= 11 is 0. The number of carbonyl (C=O) groups excluding carboxylic acids is 2. The van der Waals surface area contributed by atoms with Crippen molar-refractivity contribution < 1.29 is 31.5 Å². The van der Waals surface area contributed by atoms with Gasteiger partial charge >= 0.3 is 5.97 Å². The molecular weight excluding hydrogens is 418 g/mol. The summed E-state index contributed by atoms with van der Waals surface area (Å²) < 4.78 is 57.2. The molecule has 158 valence electrons. The number of pyridine rings is 1. The van der Waals surface area contributed by atoms with Crippen LogP contribution >= 0.6 is 0 Å². The third kappa shape index (κ3) is 4.38. The van der Waals surface area contributed by atoms with Crippen molar-refractivity contribution in [1.82, 2.24) is 9.55 Å². The summed E-state index contributed by atoms with van der Waals surface area (Å²) in [6.07, 6.45) is -0.406. The minimum Gasteiger partial charge on any atom is -0.463 e. The molecule has 3 rings (SSSR count). The molecule has 0 bridgehead atoms. The van der Waals surface area contributed by atoms with E-state index in [0.717, 1.165) is 12.5 Å². The second kappa shape index (κ2) is 8.31. The van der Waals surface area contributed by atoms with E-state index in [4.69, 9.17) is 0 Å². The van der Waals surface area contributed by atoms with Crippen molar-refractivity contribution in [2.75, 3.05) is 12.9 Å². The number of hydrogen-bond donors (Lipinski definition) is 0. The van der Waals surface area contributed by atoms with Gasteiger partial charge in [0.05, 0.1) is 17.2 Å². The van der Waals surface area contributed by atoms with E-state index in [-0.39, 0.29) is 34.8 Å². The quantitative estimate of drug-likeness (QED) is 0.321. The topological polar surface area (TPSA) is 95.3 Å². The first-order valence-electron chi connectivity index (χ1n) is 8.90. The maximum Gasteiger partial charge on any atom is 0.349 e. The van der Waals surface area contributed by atoms with Crippen LogP contribution in [0.25, 0.3) is 11.0 Å². The zero-order chi connectivity index (χ0) is 22.1. The molecule has 30 heavy (non-hydrogen) atoms. The van der Waals surface area contributed by atoms with Gasteiger partial charge in [-0.3, -0.25) is 4.79 Å². The smallest absolute Gasteiger partial charge is 0.349 e. The Kier molecular flexibility index (Phi) is 5.97. The fraction of sp³-hybridized carbons (Fsp3) is 0.250. The molecule has 0 fully saturated rings. The van der Waals surface area contributed by atoms with Crippen LogP contribution in [0.15, 0.2) is 47.5 Å². The number of fused-ring (bicyclic) bond motifs is 1. The minimum absolute atomic E-state index is 0.0195. The van der Waals surface area contributed by atoms with Gasteiger partial charge in [-0.15, -0.1) is 0 Å². The highest BCUT2D eigenvalue weighted by molar-refractivity contribution is 7.90. The van der Waals surface area contributed by atoms with Gasteiger partial charge in [0.15, 0.2) is 9.84 Å². The fourth-order valence-corrected chi connectivity index (χ4v) is 3.50. The number of aromatic nitrogens is 2. The first-order chi connectivity index (χ1) is 14.1. The number of nitrogens with zero attached hydrogens (tertiary/aromatic N) is 2. The molecule has 0 N–H and O–H groups in total. The number of esters is 1. The number of rotatable bonds is 7. The normalized spacial score (nSPS) is 12.7. The summed E-state index contributed by atoms with van der Waals surface area (Å²) in [7, 11) is -3.57. The summed E-state index contributed by atoms with van der Waals surface area (Å²) in [5, 5.41) is 0.277. The lowest BCUT2D eigenvalue weighted by Gasteiger charge is -2.12. The minimum atomic E-state index is -3.57. The van der Waals surface area contributed by atoms with Crippen molar-refractivity contribution in [1.29, 1.82) is 0 Å². The molecule has 3 aromatic rings. The number of hydrogen-bond acceptors (Lipinski definition) is 6. The maximum absolute atomic E-state index is 14.4. The summed E-state index contributed by atoms with van der Waals surface area (Å²) in [6, 6.07) is 8.02. The largest absolute Gasteiger partial charge is 0.463 e. The van der Waals surface area contributed by atoms with Crippen molar-refractivity contribution in [2.45, 2.75) is 24.5 Å². The number of ketones is 1. The van der Waals surface area contributed by atoms with Crippen LogP contribution in [0.5, 0.6) is 0 Å². The van der Waals surface area contributed by atoms with Crippen LogP contribution < -0.4 is 0 Å². The average Bonchev–Trinajstić information content (AvgIpc) is 3.05.